The summed E-state index contributed by atoms with van der Waals surface area (Å²) in [6.07, 6.45) is 4.36. The Kier molecular flexibility index (Phi) is 6.14. The van der Waals surface area contributed by atoms with Gasteiger partial charge in [-0.1, -0.05) is 29.8 Å². The average molecular weight is 396 g/mol. The van der Waals surface area contributed by atoms with E-state index < -0.39 is 17.6 Å². The molecule has 0 aliphatic heterocycles. The third kappa shape index (κ3) is 5.25. The van der Waals surface area contributed by atoms with Crippen LogP contribution >= 0.6 is 11.6 Å². The third-order valence-corrected chi connectivity index (χ3v) is 3.90. The summed E-state index contributed by atoms with van der Waals surface area (Å²) < 4.78 is 13.6. The van der Waals surface area contributed by atoms with Crippen LogP contribution in [0, 0.1) is 5.82 Å². The molecule has 0 aliphatic carbocycles. The number of halogens is 2. The Balaban J connectivity index is 1.75. The predicted octanol–water partition coefficient (Wildman–Crippen LogP) is 4.78. The summed E-state index contributed by atoms with van der Waals surface area (Å²) in [5.41, 5.74) is 1.32. The molecule has 28 heavy (non-hydrogen) atoms. The Bertz CT molecular complexity index is 1040. The second kappa shape index (κ2) is 8.92. The summed E-state index contributed by atoms with van der Waals surface area (Å²) in [7, 11) is 0. The van der Waals surface area contributed by atoms with Gasteiger partial charge in [-0.15, -0.1) is 0 Å². The molecule has 0 aliphatic rings. The van der Waals surface area contributed by atoms with E-state index in [0.29, 0.717) is 5.02 Å². The first-order valence-corrected chi connectivity index (χ1v) is 8.65. The van der Waals surface area contributed by atoms with E-state index in [2.05, 4.69) is 15.6 Å². The predicted molar refractivity (Wildman–Crippen MR) is 108 cm³/mol. The lowest BCUT2D eigenvalue weighted by Crippen LogP contribution is -2.16. The summed E-state index contributed by atoms with van der Waals surface area (Å²) in [5.74, 6) is -1.51. The van der Waals surface area contributed by atoms with Crippen molar-refractivity contribution >= 4 is 40.9 Å². The number of anilines is 2. The lowest BCUT2D eigenvalue weighted by atomic mass is 10.2. The number of pyridine rings is 1. The molecule has 0 radical (unpaired) electrons. The first-order chi connectivity index (χ1) is 13.5. The summed E-state index contributed by atoms with van der Waals surface area (Å²) in [5, 5.41) is 5.72. The molecule has 3 rings (SSSR count). The van der Waals surface area contributed by atoms with Crippen LogP contribution < -0.4 is 10.6 Å². The molecule has 2 aromatic carbocycles. The van der Waals surface area contributed by atoms with Crippen LogP contribution in [-0.2, 0) is 4.79 Å². The SMILES string of the molecule is O=C(C=Cc1cccc(Cl)c1)Nc1cc(F)ccc1NC(=O)c1ccccn1. The summed E-state index contributed by atoms with van der Waals surface area (Å²) in [6, 6.07) is 15.6. The number of benzene rings is 2. The van der Waals surface area contributed by atoms with Gasteiger partial charge in [0.15, 0.2) is 0 Å². The number of carbonyl (C=O) groups is 2. The first-order valence-electron chi connectivity index (χ1n) is 8.28. The van der Waals surface area contributed by atoms with Gasteiger partial charge in [0.2, 0.25) is 5.91 Å². The van der Waals surface area contributed by atoms with Gasteiger partial charge < -0.3 is 10.6 Å². The maximum absolute atomic E-state index is 13.6. The average Bonchev–Trinajstić information content (AvgIpc) is 2.69. The molecule has 0 unspecified atom stereocenters. The maximum atomic E-state index is 13.6. The summed E-state index contributed by atoms with van der Waals surface area (Å²) >= 11 is 5.91. The van der Waals surface area contributed by atoms with Crippen molar-refractivity contribution in [2.45, 2.75) is 0 Å². The Hall–Kier alpha value is -3.51. The van der Waals surface area contributed by atoms with E-state index in [1.165, 1.54) is 24.4 Å². The second-order valence-corrected chi connectivity index (χ2v) is 6.17. The minimum absolute atomic E-state index is 0.130. The van der Waals surface area contributed by atoms with Gasteiger partial charge in [-0.3, -0.25) is 14.6 Å². The van der Waals surface area contributed by atoms with Gasteiger partial charge in [0.25, 0.3) is 5.91 Å². The van der Waals surface area contributed by atoms with Crippen molar-refractivity contribution in [2.24, 2.45) is 0 Å². The van der Waals surface area contributed by atoms with Crippen LogP contribution in [0.2, 0.25) is 5.02 Å². The van der Waals surface area contributed by atoms with E-state index in [9.17, 15) is 14.0 Å². The molecule has 0 atom stereocenters. The second-order valence-electron chi connectivity index (χ2n) is 5.74. The molecule has 7 heteroatoms. The minimum Gasteiger partial charge on any atom is -0.321 e. The third-order valence-electron chi connectivity index (χ3n) is 3.66. The number of aromatic nitrogens is 1. The van der Waals surface area contributed by atoms with E-state index >= 15 is 0 Å². The summed E-state index contributed by atoms with van der Waals surface area (Å²) in [4.78, 5) is 28.4. The van der Waals surface area contributed by atoms with Crippen LogP contribution in [0.4, 0.5) is 15.8 Å². The number of nitrogens with zero attached hydrogens (tertiary/aromatic N) is 1. The van der Waals surface area contributed by atoms with Gasteiger partial charge in [0, 0.05) is 17.3 Å². The molecule has 0 saturated carbocycles. The van der Waals surface area contributed by atoms with Crippen molar-refractivity contribution in [1.82, 2.24) is 4.98 Å². The topological polar surface area (TPSA) is 71.1 Å². The Morgan fingerprint density at radius 2 is 1.82 bits per heavy atom. The first kappa shape index (κ1) is 19.3. The van der Waals surface area contributed by atoms with Crippen molar-refractivity contribution in [3.05, 3.63) is 95.0 Å². The molecule has 0 spiro atoms. The van der Waals surface area contributed by atoms with Crippen LogP contribution in [0.1, 0.15) is 16.1 Å². The standard InChI is InChI=1S/C21H15ClFN3O2/c22-15-5-3-4-14(12-15)7-10-20(27)25-19-13-16(23)8-9-17(19)26-21(28)18-6-1-2-11-24-18/h1-13H,(H,25,27)(H,26,28). The van der Waals surface area contributed by atoms with Gasteiger partial charge in [0.05, 0.1) is 11.4 Å². The Morgan fingerprint density at radius 3 is 2.57 bits per heavy atom. The van der Waals surface area contributed by atoms with Crippen LogP contribution in [0.5, 0.6) is 0 Å². The molecule has 5 nitrogen and oxygen atoms in total. The molecular weight excluding hydrogens is 381 g/mol. The highest BCUT2D eigenvalue weighted by Crippen LogP contribution is 2.23. The fourth-order valence-corrected chi connectivity index (χ4v) is 2.57. The van der Waals surface area contributed by atoms with Gasteiger partial charge >= 0.3 is 0 Å². The lowest BCUT2D eigenvalue weighted by Gasteiger charge is -2.11. The number of nitrogens with one attached hydrogen (secondary N) is 2. The minimum atomic E-state index is -0.551. The summed E-state index contributed by atoms with van der Waals surface area (Å²) in [6.45, 7) is 0. The monoisotopic (exact) mass is 395 g/mol. The van der Waals surface area contributed by atoms with E-state index in [0.717, 1.165) is 11.6 Å². The number of carbonyl (C=O) groups excluding carboxylic acids is 2. The Labute approximate surface area is 165 Å². The molecule has 0 bridgehead atoms. The van der Waals surface area contributed by atoms with E-state index in [1.807, 2.05) is 0 Å². The van der Waals surface area contributed by atoms with Crippen LogP contribution in [0.3, 0.4) is 0 Å². The van der Waals surface area contributed by atoms with Gasteiger partial charge in [-0.25, -0.2) is 4.39 Å². The highest BCUT2D eigenvalue weighted by Gasteiger charge is 2.12. The van der Waals surface area contributed by atoms with E-state index in [-0.39, 0.29) is 17.1 Å². The molecular formula is C21H15ClFN3O2. The number of rotatable bonds is 5. The van der Waals surface area contributed by atoms with Crippen molar-refractivity contribution in [1.29, 1.82) is 0 Å². The molecule has 3 aromatic rings. The highest BCUT2D eigenvalue weighted by molar-refractivity contribution is 6.30. The lowest BCUT2D eigenvalue weighted by molar-refractivity contribution is -0.111. The van der Waals surface area contributed by atoms with Crippen molar-refractivity contribution in [2.75, 3.05) is 10.6 Å². The van der Waals surface area contributed by atoms with Gasteiger partial charge in [0.1, 0.15) is 11.5 Å². The zero-order valence-electron chi connectivity index (χ0n) is 14.5. The van der Waals surface area contributed by atoms with Crippen LogP contribution in [0.15, 0.2) is 72.9 Å². The van der Waals surface area contributed by atoms with E-state index in [1.54, 1.807) is 48.5 Å². The molecule has 1 heterocycles. The Morgan fingerprint density at radius 1 is 0.964 bits per heavy atom. The van der Waals surface area contributed by atoms with Gasteiger partial charge in [-0.05, 0) is 54.1 Å². The van der Waals surface area contributed by atoms with E-state index in [4.69, 9.17) is 11.6 Å². The largest absolute Gasteiger partial charge is 0.321 e. The van der Waals surface area contributed by atoms with Crippen molar-refractivity contribution in [3.63, 3.8) is 0 Å². The molecule has 1 aromatic heterocycles. The normalized spacial score (nSPS) is 10.6. The molecule has 140 valence electrons. The maximum Gasteiger partial charge on any atom is 0.274 e. The number of amides is 2. The zero-order chi connectivity index (χ0) is 19.9. The number of hydrogen-bond acceptors (Lipinski definition) is 3. The smallest absolute Gasteiger partial charge is 0.274 e. The quantitative estimate of drug-likeness (QED) is 0.611. The highest BCUT2D eigenvalue weighted by atomic mass is 35.5. The molecule has 2 N–H and O–H groups in total. The van der Waals surface area contributed by atoms with Crippen molar-refractivity contribution in [3.8, 4) is 0 Å². The number of hydrogen-bond donors (Lipinski definition) is 2. The molecule has 0 saturated heterocycles. The molecule has 2 amide bonds. The van der Waals surface area contributed by atoms with Gasteiger partial charge in [-0.2, -0.15) is 0 Å². The molecule has 0 fully saturated rings. The fourth-order valence-electron chi connectivity index (χ4n) is 2.37. The van der Waals surface area contributed by atoms with Crippen molar-refractivity contribution < 1.29 is 14.0 Å². The fraction of sp³-hybridized carbons (Fsp3) is 0. The van der Waals surface area contributed by atoms with Crippen LogP contribution in [-0.4, -0.2) is 16.8 Å². The van der Waals surface area contributed by atoms with Crippen LogP contribution in [0.25, 0.3) is 6.08 Å². The zero-order valence-corrected chi connectivity index (χ0v) is 15.3.